The van der Waals surface area contributed by atoms with Crippen LogP contribution < -0.4 is 19.1 Å². The lowest BCUT2D eigenvalue weighted by atomic mass is 9.89. The molecule has 0 aliphatic heterocycles. The molecule has 7 nitrogen and oxygen atoms in total. The second kappa shape index (κ2) is 12.1. The topological polar surface area (TPSA) is 84.9 Å². The molecule has 1 aliphatic carbocycles. The van der Waals surface area contributed by atoms with Crippen LogP contribution in [0, 0.1) is 13.8 Å². The number of nitrogens with one attached hydrogen (secondary N) is 1. The highest BCUT2D eigenvalue weighted by Gasteiger charge is 2.29. The van der Waals surface area contributed by atoms with Crippen LogP contribution >= 0.6 is 0 Å². The molecule has 0 saturated heterocycles. The summed E-state index contributed by atoms with van der Waals surface area (Å²) in [6.07, 6.45) is 5.23. The number of amides is 1. The number of sulfonamides is 1. The van der Waals surface area contributed by atoms with Crippen LogP contribution in [0.3, 0.4) is 0 Å². The number of nitrogens with zero attached hydrogens (tertiary/aromatic N) is 1. The van der Waals surface area contributed by atoms with Gasteiger partial charge in [0.15, 0.2) is 11.5 Å². The maximum Gasteiger partial charge on any atom is 0.264 e. The molecule has 1 aliphatic rings. The van der Waals surface area contributed by atoms with E-state index in [0.29, 0.717) is 23.6 Å². The van der Waals surface area contributed by atoms with E-state index in [1.165, 1.54) is 54.6 Å². The third-order valence-corrected chi connectivity index (χ3v) is 9.01. The van der Waals surface area contributed by atoms with E-state index in [9.17, 15) is 13.2 Å². The molecule has 0 heterocycles. The van der Waals surface area contributed by atoms with E-state index < -0.39 is 10.0 Å². The zero-order chi connectivity index (χ0) is 28.2. The van der Waals surface area contributed by atoms with E-state index in [4.69, 9.17) is 9.47 Å². The molecule has 0 aromatic heterocycles. The summed E-state index contributed by atoms with van der Waals surface area (Å²) >= 11 is 0. The number of aryl methyl sites for hydroxylation is 4. The lowest BCUT2D eigenvalue weighted by molar-refractivity contribution is -0.120. The van der Waals surface area contributed by atoms with Gasteiger partial charge in [0.2, 0.25) is 5.91 Å². The number of carbonyl (C=O) groups is 1. The SMILES string of the molecule is CCC(NC(=O)CN(c1cc(C)cc(C)c1)S(=O)(=O)c1ccc(OC)c(OC)c1)c1ccc2c(c1)CCCC2. The van der Waals surface area contributed by atoms with Crippen molar-refractivity contribution >= 4 is 21.6 Å². The Hall–Kier alpha value is -3.52. The Bertz CT molecular complexity index is 1430. The highest BCUT2D eigenvalue weighted by molar-refractivity contribution is 7.92. The second-order valence-electron chi connectivity index (χ2n) is 10.1. The molecule has 1 amide bonds. The first-order valence-electron chi connectivity index (χ1n) is 13.4. The van der Waals surface area contributed by atoms with E-state index in [1.807, 2.05) is 26.8 Å². The summed E-state index contributed by atoms with van der Waals surface area (Å²) in [7, 11) is -1.18. The van der Waals surface area contributed by atoms with E-state index in [1.54, 1.807) is 18.2 Å². The first-order chi connectivity index (χ1) is 18.7. The number of hydrogen-bond acceptors (Lipinski definition) is 5. The van der Waals surface area contributed by atoms with Crippen LogP contribution in [0.25, 0.3) is 0 Å². The third-order valence-electron chi connectivity index (χ3n) is 7.24. The van der Waals surface area contributed by atoms with Gasteiger partial charge in [0.05, 0.1) is 30.8 Å². The van der Waals surface area contributed by atoms with Gasteiger partial charge in [-0.25, -0.2) is 8.42 Å². The highest BCUT2D eigenvalue weighted by atomic mass is 32.2. The smallest absolute Gasteiger partial charge is 0.264 e. The maximum absolute atomic E-state index is 14.0. The van der Waals surface area contributed by atoms with Gasteiger partial charge in [0.25, 0.3) is 10.0 Å². The summed E-state index contributed by atoms with van der Waals surface area (Å²) in [5, 5.41) is 3.09. The van der Waals surface area contributed by atoms with Crippen LogP contribution in [0.2, 0.25) is 0 Å². The molecule has 208 valence electrons. The molecule has 4 rings (SSSR count). The molecule has 39 heavy (non-hydrogen) atoms. The van der Waals surface area contributed by atoms with Crippen molar-refractivity contribution in [3.05, 3.63) is 82.4 Å². The third kappa shape index (κ3) is 6.38. The van der Waals surface area contributed by atoms with Gasteiger partial charge in [-0.1, -0.05) is 31.2 Å². The predicted molar refractivity (Wildman–Crippen MR) is 154 cm³/mol. The zero-order valence-electron chi connectivity index (χ0n) is 23.4. The van der Waals surface area contributed by atoms with Gasteiger partial charge in [-0.15, -0.1) is 0 Å². The van der Waals surface area contributed by atoms with Gasteiger partial charge < -0.3 is 14.8 Å². The number of hydrogen-bond donors (Lipinski definition) is 1. The second-order valence-corrected chi connectivity index (χ2v) is 12.0. The normalized spacial score (nSPS) is 13.8. The van der Waals surface area contributed by atoms with Crippen molar-refractivity contribution in [2.75, 3.05) is 25.1 Å². The average molecular weight is 551 g/mol. The van der Waals surface area contributed by atoms with Crippen LogP contribution in [-0.2, 0) is 27.7 Å². The summed E-state index contributed by atoms with van der Waals surface area (Å²) in [5.41, 5.74) is 6.01. The Balaban J connectivity index is 1.66. The average Bonchev–Trinajstić information content (AvgIpc) is 2.93. The fourth-order valence-corrected chi connectivity index (χ4v) is 6.70. The predicted octanol–water partition coefficient (Wildman–Crippen LogP) is 5.66. The summed E-state index contributed by atoms with van der Waals surface area (Å²) in [6, 6.07) is 16.2. The lowest BCUT2D eigenvalue weighted by Gasteiger charge is -2.27. The molecule has 0 radical (unpaired) electrons. The minimum absolute atomic E-state index is 0.00818. The standard InChI is InChI=1S/C31H38N2O5S/c1-6-28(25-12-11-23-9-7-8-10-24(23)18-25)32-31(34)20-33(26-16-21(2)15-22(3)17-26)39(35,36)27-13-14-29(37-4)30(19-27)38-5/h11-19,28H,6-10,20H2,1-5H3,(H,32,34). The number of methoxy groups -OCH3 is 2. The van der Waals surface area contributed by atoms with Gasteiger partial charge in [-0.3, -0.25) is 9.10 Å². The minimum Gasteiger partial charge on any atom is -0.493 e. The number of fused-ring (bicyclic) bond motifs is 1. The Labute approximate surface area is 232 Å². The zero-order valence-corrected chi connectivity index (χ0v) is 24.2. The van der Waals surface area contributed by atoms with Crippen LogP contribution in [0.4, 0.5) is 5.69 Å². The van der Waals surface area contributed by atoms with E-state index in [-0.39, 0.29) is 23.4 Å². The summed E-state index contributed by atoms with van der Waals surface area (Å²) < 4.78 is 39.8. The first kappa shape index (κ1) is 28.5. The highest BCUT2D eigenvalue weighted by Crippen LogP contribution is 2.33. The van der Waals surface area contributed by atoms with Crippen molar-refractivity contribution in [1.82, 2.24) is 5.32 Å². The molecule has 0 fully saturated rings. The van der Waals surface area contributed by atoms with Gasteiger partial charge in [-0.2, -0.15) is 0 Å². The molecule has 1 atom stereocenters. The summed E-state index contributed by atoms with van der Waals surface area (Å²) in [5.74, 6) is 0.340. The van der Waals surface area contributed by atoms with Crippen molar-refractivity contribution in [3.8, 4) is 11.5 Å². The van der Waals surface area contributed by atoms with Gasteiger partial charge in [0.1, 0.15) is 6.54 Å². The molecule has 3 aromatic carbocycles. The van der Waals surface area contributed by atoms with Crippen LogP contribution in [0.15, 0.2) is 59.5 Å². The molecule has 1 unspecified atom stereocenters. The Morgan fingerprint density at radius 1 is 0.897 bits per heavy atom. The first-order valence-corrected chi connectivity index (χ1v) is 14.8. The van der Waals surface area contributed by atoms with Gasteiger partial charge in [-0.05, 0) is 98.0 Å². The quantitative estimate of drug-likeness (QED) is 0.352. The van der Waals surface area contributed by atoms with Crippen LogP contribution in [-0.4, -0.2) is 35.1 Å². The monoisotopic (exact) mass is 550 g/mol. The van der Waals surface area contributed by atoms with E-state index in [2.05, 4.69) is 23.5 Å². The Kier molecular flexibility index (Phi) is 8.85. The van der Waals surface area contributed by atoms with E-state index in [0.717, 1.165) is 29.5 Å². The molecule has 3 aromatic rings. The van der Waals surface area contributed by atoms with Crippen LogP contribution in [0.5, 0.6) is 11.5 Å². The van der Waals surface area contributed by atoms with Gasteiger partial charge in [0, 0.05) is 6.07 Å². The lowest BCUT2D eigenvalue weighted by Crippen LogP contribution is -2.42. The van der Waals surface area contributed by atoms with Crippen molar-refractivity contribution in [1.29, 1.82) is 0 Å². The molecule has 0 saturated carbocycles. The van der Waals surface area contributed by atoms with Gasteiger partial charge >= 0.3 is 0 Å². The van der Waals surface area contributed by atoms with E-state index >= 15 is 0 Å². The number of carbonyl (C=O) groups excluding carboxylic acids is 1. The fourth-order valence-electron chi connectivity index (χ4n) is 5.28. The largest absolute Gasteiger partial charge is 0.493 e. The molecular weight excluding hydrogens is 512 g/mol. The molecule has 0 spiro atoms. The van der Waals surface area contributed by atoms with Crippen molar-refractivity contribution in [2.24, 2.45) is 0 Å². The van der Waals surface area contributed by atoms with Crippen molar-refractivity contribution in [2.45, 2.75) is 63.8 Å². The number of anilines is 1. The Morgan fingerprint density at radius 2 is 1.56 bits per heavy atom. The number of benzene rings is 3. The summed E-state index contributed by atoms with van der Waals surface area (Å²) in [4.78, 5) is 13.5. The molecule has 0 bridgehead atoms. The molecule has 1 N–H and O–H groups in total. The summed E-state index contributed by atoms with van der Waals surface area (Å²) in [6.45, 7) is 5.47. The molecule has 8 heteroatoms. The Morgan fingerprint density at radius 3 is 2.21 bits per heavy atom. The van der Waals surface area contributed by atoms with Crippen molar-refractivity contribution < 1.29 is 22.7 Å². The fraction of sp³-hybridized carbons (Fsp3) is 0.387. The molecular formula is C31H38N2O5S. The number of ether oxygens (including phenoxy) is 2. The van der Waals surface area contributed by atoms with Crippen molar-refractivity contribution in [3.63, 3.8) is 0 Å². The number of rotatable bonds is 10. The van der Waals surface area contributed by atoms with Crippen LogP contribution in [0.1, 0.15) is 60.0 Å². The maximum atomic E-state index is 14.0. The minimum atomic E-state index is -4.12.